The van der Waals surface area contributed by atoms with Gasteiger partial charge in [-0.3, -0.25) is 4.79 Å². The lowest BCUT2D eigenvalue weighted by atomic mass is 10.2. The van der Waals surface area contributed by atoms with Gasteiger partial charge in [0, 0.05) is 36.0 Å². The molecule has 0 radical (unpaired) electrons. The van der Waals surface area contributed by atoms with Gasteiger partial charge in [-0.05, 0) is 52.3 Å². The number of nitrogens with zero attached hydrogens (tertiary/aromatic N) is 3. The number of aryl methyl sites for hydroxylation is 1. The lowest BCUT2D eigenvalue weighted by Gasteiger charge is -2.15. The number of anilines is 1. The van der Waals surface area contributed by atoms with Gasteiger partial charge in [0.25, 0.3) is 0 Å². The largest absolute Gasteiger partial charge is 0.378 e. The molecular weight excluding hydrogens is 388 g/mol. The minimum Gasteiger partial charge on any atom is -0.378 e. The maximum absolute atomic E-state index is 12.4. The number of carbonyl (C=O) groups excluding carboxylic acids is 1. The highest BCUT2D eigenvalue weighted by molar-refractivity contribution is 6.31. The molecule has 0 aliphatic carbocycles. The average Bonchev–Trinajstić information content (AvgIpc) is 3.08. The monoisotopic (exact) mass is 422 g/mol. The molecule has 7 heteroatoms. The summed E-state index contributed by atoms with van der Waals surface area (Å²) in [4.78, 5) is 12.4. The van der Waals surface area contributed by atoms with Crippen molar-refractivity contribution in [1.29, 1.82) is 0 Å². The molecule has 6 nitrogen and oxygen atoms in total. The molecule has 2 rings (SSSR count). The molecule has 1 aromatic carbocycles. The van der Waals surface area contributed by atoms with Crippen molar-refractivity contribution in [2.24, 2.45) is 0 Å². The first-order chi connectivity index (χ1) is 13.8. The number of benzene rings is 1. The first-order valence-corrected chi connectivity index (χ1v) is 10.8. The molecule has 0 saturated carbocycles. The molecule has 1 aromatic heterocycles. The van der Waals surface area contributed by atoms with Crippen LogP contribution in [0.1, 0.15) is 71.2 Å². The van der Waals surface area contributed by atoms with E-state index in [0.717, 1.165) is 22.9 Å². The minimum atomic E-state index is -0.0663. The van der Waals surface area contributed by atoms with Gasteiger partial charge in [-0.15, -0.1) is 10.2 Å². The Balaban J connectivity index is 0.00000204. The van der Waals surface area contributed by atoms with Gasteiger partial charge in [0.1, 0.15) is 11.6 Å². The third-order valence-corrected chi connectivity index (χ3v) is 4.66. The van der Waals surface area contributed by atoms with E-state index < -0.39 is 0 Å². The highest BCUT2D eigenvalue weighted by atomic mass is 35.5. The van der Waals surface area contributed by atoms with Crippen LogP contribution < -0.4 is 5.32 Å². The third kappa shape index (κ3) is 7.78. The molecule has 0 unspecified atom stereocenters. The van der Waals surface area contributed by atoms with E-state index in [1.807, 2.05) is 52.8 Å². The molecule has 0 bridgehead atoms. The Morgan fingerprint density at radius 2 is 1.76 bits per heavy atom. The Kier molecular flexibility index (Phi) is 10.9. The molecule has 0 atom stereocenters. The van der Waals surface area contributed by atoms with E-state index in [9.17, 15) is 4.79 Å². The Morgan fingerprint density at radius 1 is 1.14 bits per heavy atom. The minimum absolute atomic E-state index is 0.0663. The van der Waals surface area contributed by atoms with Crippen molar-refractivity contribution in [2.45, 2.75) is 79.9 Å². The summed E-state index contributed by atoms with van der Waals surface area (Å²) in [5, 5.41) is 12.2. The van der Waals surface area contributed by atoms with Crippen LogP contribution in [0.5, 0.6) is 0 Å². The van der Waals surface area contributed by atoms with Crippen molar-refractivity contribution in [3.8, 4) is 0 Å². The van der Waals surface area contributed by atoms with Crippen molar-refractivity contribution >= 4 is 23.2 Å². The molecule has 0 spiro atoms. The molecule has 1 heterocycles. The van der Waals surface area contributed by atoms with Crippen molar-refractivity contribution in [3.05, 3.63) is 40.4 Å². The van der Waals surface area contributed by atoms with E-state index in [-0.39, 0.29) is 18.1 Å². The average molecular weight is 423 g/mol. The van der Waals surface area contributed by atoms with Crippen LogP contribution in [0.2, 0.25) is 5.02 Å². The van der Waals surface area contributed by atoms with Crippen LogP contribution in [0, 0.1) is 6.92 Å². The maximum Gasteiger partial charge on any atom is 0.224 e. The molecular formula is C22H35ClN4O2. The molecule has 162 valence electrons. The van der Waals surface area contributed by atoms with Gasteiger partial charge < -0.3 is 14.6 Å². The van der Waals surface area contributed by atoms with E-state index in [4.69, 9.17) is 16.3 Å². The fraction of sp³-hybridized carbons (Fsp3) is 0.591. The molecule has 1 amide bonds. The predicted molar refractivity (Wildman–Crippen MR) is 120 cm³/mol. The SMILES string of the molecule is CC.Cc1c(Cl)cccc1NC(=O)CCc1nnc(CCOC(C)C)n1C(C)C. The first-order valence-electron chi connectivity index (χ1n) is 10.4. The molecule has 29 heavy (non-hydrogen) atoms. The number of hydrogen-bond donors (Lipinski definition) is 1. The number of hydrogen-bond acceptors (Lipinski definition) is 4. The second kappa shape index (κ2) is 12.6. The van der Waals surface area contributed by atoms with Gasteiger partial charge >= 0.3 is 0 Å². The molecule has 0 aliphatic rings. The van der Waals surface area contributed by atoms with E-state index >= 15 is 0 Å². The van der Waals surface area contributed by atoms with Crippen molar-refractivity contribution in [3.63, 3.8) is 0 Å². The summed E-state index contributed by atoms with van der Waals surface area (Å²) < 4.78 is 7.72. The molecule has 0 saturated heterocycles. The van der Waals surface area contributed by atoms with Crippen LogP contribution in [0.25, 0.3) is 0 Å². The van der Waals surface area contributed by atoms with Crippen molar-refractivity contribution in [2.75, 3.05) is 11.9 Å². The highest BCUT2D eigenvalue weighted by Crippen LogP contribution is 2.23. The number of halogens is 1. The third-order valence-electron chi connectivity index (χ3n) is 4.25. The summed E-state index contributed by atoms with van der Waals surface area (Å²) in [6, 6.07) is 5.71. The Labute approximate surface area is 180 Å². The Hall–Kier alpha value is -1.92. The Bertz CT molecular complexity index is 772. The first kappa shape index (κ1) is 25.1. The normalized spacial score (nSPS) is 10.8. The maximum atomic E-state index is 12.4. The lowest BCUT2D eigenvalue weighted by molar-refractivity contribution is -0.116. The van der Waals surface area contributed by atoms with Gasteiger partial charge in [-0.2, -0.15) is 0 Å². The zero-order valence-electron chi connectivity index (χ0n) is 18.8. The van der Waals surface area contributed by atoms with Gasteiger partial charge in [-0.25, -0.2) is 0 Å². The fourth-order valence-electron chi connectivity index (χ4n) is 2.86. The molecule has 2 aromatic rings. The lowest BCUT2D eigenvalue weighted by Crippen LogP contribution is -2.17. The summed E-state index contributed by atoms with van der Waals surface area (Å²) in [5.74, 6) is 1.65. The number of carbonyl (C=O) groups is 1. The summed E-state index contributed by atoms with van der Waals surface area (Å²) >= 11 is 6.11. The summed E-state index contributed by atoms with van der Waals surface area (Å²) in [5.41, 5.74) is 1.61. The standard InChI is InChI=1S/C20H29ClN4O2.C2H6/c1-13(2)25-18(23-24-19(25)11-12-27-14(3)4)9-10-20(26)22-17-8-6-7-16(21)15(17)5;1-2/h6-8,13-14H,9-12H2,1-5H3,(H,22,26);1-2H3. The fourth-order valence-corrected chi connectivity index (χ4v) is 3.04. The van der Waals surface area contributed by atoms with Crippen LogP contribution >= 0.6 is 11.6 Å². The number of ether oxygens (including phenoxy) is 1. The summed E-state index contributed by atoms with van der Waals surface area (Å²) in [6.45, 7) is 14.7. The number of rotatable bonds is 9. The molecule has 0 aliphatic heterocycles. The highest BCUT2D eigenvalue weighted by Gasteiger charge is 2.16. The van der Waals surface area contributed by atoms with E-state index in [2.05, 4.69) is 33.9 Å². The van der Waals surface area contributed by atoms with Crippen molar-refractivity contribution in [1.82, 2.24) is 14.8 Å². The number of aromatic nitrogens is 3. The van der Waals surface area contributed by atoms with Gasteiger partial charge in [0.05, 0.1) is 12.7 Å². The second-order valence-electron chi connectivity index (χ2n) is 7.13. The number of nitrogens with one attached hydrogen (secondary N) is 1. The van der Waals surface area contributed by atoms with Crippen LogP contribution in [-0.4, -0.2) is 33.4 Å². The topological polar surface area (TPSA) is 69.0 Å². The second-order valence-corrected chi connectivity index (χ2v) is 7.53. The van der Waals surface area contributed by atoms with Gasteiger partial charge in [0.2, 0.25) is 5.91 Å². The van der Waals surface area contributed by atoms with Crippen LogP contribution in [-0.2, 0) is 22.4 Å². The summed E-state index contributed by atoms with van der Waals surface area (Å²) in [6.07, 6.45) is 1.76. The zero-order chi connectivity index (χ0) is 22.0. The molecule has 1 N–H and O–H groups in total. The Morgan fingerprint density at radius 3 is 2.34 bits per heavy atom. The van der Waals surface area contributed by atoms with Crippen molar-refractivity contribution < 1.29 is 9.53 Å². The van der Waals surface area contributed by atoms with Crippen LogP contribution in [0.15, 0.2) is 18.2 Å². The van der Waals surface area contributed by atoms with E-state index in [1.165, 1.54) is 0 Å². The van der Waals surface area contributed by atoms with E-state index in [1.54, 1.807) is 0 Å². The quantitative estimate of drug-likeness (QED) is 0.588. The summed E-state index contributed by atoms with van der Waals surface area (Å²) in [7, 11) is 0. The van der Waals surface area contributed by atoms with Gasteiger partial charge in [0.15, 0.2) is 0 Å². The molecule has 0 fully saturated rings. The van der Waals surface area contributed by atoms with Crippen LogP contribution in [0.4, 0.5) is 5.69 Å². The predicted octanol–water partition coefficient (Wildman–Crippen LogP) is 5.39. The van der Waals surface area contributed by atoms with E-state index in [0.29, 0.717) is 30.9 Å². The van der Waals surface area contributed by atoms with Crippen LogP contribution in [0.3, 0.4) is 0 Å². The smallest absolute Gasteiger partial charge is 0.224 e. The van der Waals surface area contributed by atoms with Gasteiger partial charge in [-0.1, -0.05) is 31.5 Å². The zero-order valence-corrected chi connectivity index (χ0v) is 19.5. The number of amides is 1.